The molecule has 4 rings (SSSR count). The molecule has 2 aromatic carbocycles. The van der Waals surface area contributed by atoms with E-state index in [9.17, 15) is 10.4 Å². The van der Waals surface area contributed by atoms with Crippen LogP contribution in [0.3, 0.4) is 0 Å². The molecular formula is C20H18N2O5S4V. The first-order valence-corrected chi connectivity index (χ1v) is 11.9. The van der Waals surface area contributed by atoms with Crippen LogP contribution in [-0.4, -0.2) is 34.1 Å². The van der Waals surface area contributed by atoms with Crippen molar-refractivity contribution in [3.63, 3.8) is 0 Å². The van der Waals surface area contributed by atoms with Gasteiger partial charge in [0.25, 0.3) is 0 Å². The van der Waals surface area contributed by atoms with E-state index in [4.69, 9.17) is 37.6 Å². The van der Waals surface area contributed by atoms with Crippen molar-refractivity contribution in [1.29, 1.82) is 0 Å². The van der Waals surface area contributed by atoms with Gasteiger partial charge in [-0.1, -0.05) is 0 Å². The minimum absolute atomic E-state index is 0.445. The van der Waals surface area contributed by atoms with Crippen molar-refractivity contribution in [3.8, 4) is 34.0 Å². The molecule has 0 bridgehead atoms. The Bertz CT molecular complexity index is 1150. The second kappa shape index (κ2) is 12.7. The maximum atomic E-state index is 9.61. The third-order valence-corrected chi connectivity index (χ3v) is 6.47. The van der Waals surface area contributed by atoms with Crippen LogP contribution in [0.2, 0.25) is 0 Å². The van der Waals surface area contributed by atoms with E-state index in [2.05, 4.69) is 0 Å². The van der Waals surface area contributed by atoms with E-state index >= 15 is 0 Å². The molecule has 4 aromatic rings. The Morgan fingerprint density at radius 1 is 0.719 bits per heavy atom. The molecule has 0 saturated heterocycles. The monoisotopic (exact) mass is 545 g/mol. The van der Waals surface area contributed by atoms with Crippen molar-refractivity contribution in [2.24, 2.45) is 0 Å². The summed E-state index contributed by atoms with van der Waals surface area (Å²) in [6, 6.07) is 14.9. The first-order chi connectivity index (χ1) is 15.4. The van der Waals surface area contributed by atoms with Crippen LogP contribution in [-0.2, 0) is 21.0 Å². The second-order valence-electron chi connectivity index (χ2n) is 5.85. The van der Waals surface area contributed by atoms with Gasteiger partial charge >= 0.3 is 21.0 Å². The maximum absolute atomic E-state index is 9.61. The molecule has 12 heteroatoms. The second-order valence-corrected chi connectivity index (χ2v) is 8.86. The Kier molecular flexibility index (Phi) is 10.3. The summed E-state index contributed by atoms with van der Waals surface area (Å²) in [5.74, 6) is 1.58. The van der Waals surface area contributed by atoms with E-state index in [0.29, 0.717) is 19.3 Å². The van der Waals surface area contributed by atoms with Crippen molar-refractivity contribution in [2.75, 3.05) is 14.2 Å². The summed E-state index contributed by atoms with van der Waals surface area (Å²) >= 11 is 13.6. The number of aromatic nitrogens is 2. The third kappa shape index (κ3) is 6.38. The predicted octanol–water partition coefficient (Wildman–Crippen LogP) is 6.26. The zero-order chi connectivity index (χ0) is 23.7. The fraction of sp³-hybridized carbons (Fsp3) is 0.100. The molecule has 0 aliphatic carbocycles. The number of hydrogen-bond acceptors (Lipinski definition) is 9. The number of hydrogen-bond donors (Lipinski definition) is 2. The molecule has 167 valence electrons. The van der Waals surface area contributed by atoms with Gasteiger partial charge in [0.2, 0.25) is 0 Å². The molecule has 0 amide bonds. The Morgan fingerprint density at radius 3 is 1.25 bits per heavy atom. The van der Waals surface area contributed by atoms with Crippen LogP contribution in [0.4, 0.5) is 0 Å². The summed E-state index contributed by atoms with van der Waals surface area (Å²) in [5, 5.41) is 22.9. The van der Waals surface area contributed by atoms with E-state index in [0.717, 1.165) is 49.5 Å². The Hall–Kier alpha value is -2.28. The van der Waals surface area contributed by atoms with Crippen molar-refractivity contribution in [2.45, 2.75) is 0 Å². The summed E-state index contributed by atoms with van der Waals surface area (Å²) in [7, 11) is 3.24. The van der Waals surface area contributed by atoms with Crippen LogP contribution in [0.15, 0.2) is 59.3 Å². The van der Waals surface area contributed by atoms with Crippen LogP contribution in [0.25, 0.3) is 22.5 Å². The zero-order valence-corrected chi connectivity index (χ0v) is 21.5. The number of methoxy groups -OCH3 is 2. The Morgan fingerprint density at radius 2 is 1.03 bits per heavy atom. The number of rotatable bonds is 4. The van der Waals surface area contributed by atoms with Crippen LogP contribution < -0.4 is 9.47 Å². The number of benzene rings is 2. The number of thiazole rings is 2. The van der Waals surface area contributed by atoms with Gasteiger partial charge in [-0.15, -0.1) is 22.7 Å². The summed E-state index contributed by atoms with van der Waals surface area (Å²) < 4.78 is 21.2. The molecule has 7 nitrogen and oxygen atoms in total. The molecule has 0 atom stereocenters. The van der Waals surface area contributed by atoms with E-state index in [1.165, 1.54) is 22.7 Å². The van der Waals surface area contributed by atoms with Crippen molar-refractivity contribution in [3.05, 3.63) is 67.2 Å². The molecular weight excluding hydrogens is 527 g/mol. The molecule has 0 saturated carbocycles. The van der Waals surface area contributed by atoms with E-state index < -0.39 is 0 Å². The van der Waals surface area contributed by atoms with Gasteiger partial charge in [0, 0.05) is 21.9 Å². The van der Waals surface area contributed by atoms with Gasteiger partial charge in [0.05, 0.1) is 25.6 Å². The molecule has 0 radical (unpaired) electrons. The molecule has 2 aromatic heterocycles. The topological polar surface area (TPSA) is 85.8 Å². The third-order valence-electron chi connectivity index (χ3n) is 4.12. The van der Waals surface area contributed by atoms with Gasteiger partial charge in [-0.3, -0.25) is 0 Å². The SMILES string of the molecule is COc1ccc(-c2csc(=S)n2O)cc1.COc1ccc(-c2csc(=S)n2O)cc1.[O]=[V]. The summed E-state index contributed by atoms with van der Waals surface area (Å²) in [6.45, 7) is 0. The quantitative estimate of drug-likeness (QED) is 0.231. The predicted molar refractivity (Wildman–Crippen MR) is 125 cm³/mol. The van der Waals surface area contributed by atoms with Crippen LogP contribution in [0.1, 0.15) is 0 Å². The average molecular weight is 546 g/mol. The van der Waals surface area contributed by atoms with Gasteiger partial charge in [0.15, 0.2) is 7.91 Å². The van der Waals surface area contributed by atoms with Crippen LogP contribution in [0, 0.1) is 7.91 Å². The zero-order valence-electron chi connectivity index (χ0n) is 16.9. The summed E-state index contributed by atoms with van der Waals surface area (Å²) in [6.07, 6.45) is 0. The molecule has 0 aliphatic heterocycles. The summed E-state index contributed by atoms with van der Waals surface area (Å²) in [5.41, 5.74) is 3.22. The molecule has 32 heavy (non-hydrogen) atoms. The first kappa shape index (κ1) is 26.0. The van der Waals surface area contributed by atoms with Gasteiger partial charge in [-0.2, -0.15) is 9.46 Å². The molecule has 0 fully saturated rings. The van der Waals surface area contributed by atoms with Crippen LogP contribution >= 0.6 is 47.1 Å². The van der Waals surface area contributed by atoms with Gasteiger partial charge < -0.3 is 19.9 Å². The molecule has 2 N–H and O–H groups in total. The standard InChI is InChI=1S/2C10H9NO2S2.O.V/c2*1-13-8-4-2-7(3-5-8)9-6-15-10(14)11(9)12;;/h2*2-6,12H,1H3;;. The summed E-state index contributed by atoms with van der Waals surface area (Å²) in [4.78, 5) is 0. The Labute approximate surface area is 211 Å². The van der Waals surface area contributed by atoms with Gasteiger partial charge in [-0.05, 0) is 73.0 Å². The Balaban J connectivity index is 0.000000211. The minimum atomic E-state index is 0.445. The molecule has 0 aliphatic rings. The van der Waals surface area contributed by atoms with Crippen molar-refractivity contribution >= 4 is 47.1 Å². The average Bonchev–Trinajstić information content (AvgIpc) is 3.36. The van der Waals surface area contributed by atoms with Crippen molar-refractivity contribution in [1.82, 2.24) is 9.46 Å². The normalized spacial score (nSPS) is 9.66. The fourth-order valence-corrected chi connectivity index (χ4v) is 4.29. The van der Waals surface area contributed by atoms with E-state index in [1.807, 2.05) is 59.3 Å². The number of nitrogens with zero attached hydrogens (tertiary/aromatic N) is 2. The van der Waals surface area contributed by atoms with Crippen molar-refractivity contribution < 1.29 is 40.9 Å². The molecule has 2 heterocycles. The molecule has 0 unspecified atom stereocenters. The molecule has 0 spiro atoms. The van der Waals surface area contributed by atoms with Crippen LogP contribution in [0.5, 0.6) is 11.5 Å². The van der Waals surface area contributed by atoms with Gasteiger partial charge in [0.1, 0.15) is 11.5 Å². The van der Waals surface area contributed by atoms with E-state index in [-0.39, 0.29) is 0 Å². The van der Waals surface area contributed by atoms with Gasteiger partial charge in [-0.25, -0.2) is 0 Å². The first-order valence-electron chi connectivity index (χ1n) is 8.71. The number of ether oxygens (including phenoxy) is 2. The van der Waals surface area contributed by atoms with E-state index in [1.54, 1.807) is 14.2 Å². The fourth-order valence-electron chi connectivity index (χ4n) is 2.51.